The number of ether oxygens (including phenoxy) is 1. The zero-order chi connectivity index (χ0) is 17.6. The van der Waals surface area contributed by atoms with Crippen molar-refractivity contribution in [1.29, 1.82) is 0 Å². The van der Waals surface area contributed by atoms with Crippen LogP contribution in [0.3, 0.4) is 0 Å². The molecule has 0 spiro atoms. The van der Waals surface area contributed by atoms with E-state index in [0.717, 1.165) is 12.8 Å². The molecule has 1 heterocycles. The van der Waals surface area contributed by atoms with Gasteiger partial charge in [-0.25, -0.2) is 4.79 Å². The zero-order valence-corrected chi connectivity index (χ0v) is 14.8. The lowest BCUT2D eigenvalue weighted by Gasteiger charge is -2.31. The Balaban J connectivity index is 1.52. The highest BCUT2D eigenvalue weighted by molar-refractivity contribution is 5.95. The molecule has 136 valence electrons. The van der Waals surface area contributed by atoms with Crippen molar-refractivity contribution in [2.24, 2.45) is 0 Å². The molecule has 1 saturated heterocycles. The fourth-order valence-electron chi connectivity index (χ4n) is 3.48. The summed E-state index contributed by atoms with van der Waals surface area (Å²) in [4.78, 5) is 26.4. The van der Waals surface area contributed by atoms with E-state index in [1.807, 2.05) is 11.8 Å². The van der Waals surface area contributed by atoms with Crippen LogP contribution in [0, 0.1) is 0 Å². The van der Waals surface area contributed by atoms with Crippen LogP contribution >= 0.6 is 0 Å². The highest BCUT2D eigenvalue weighted by Gasteiger charge is 2.22. The molecule has 1 atom stereocenters. The van der Waals surface area contributed by atoms with Crippen molar-refractivity contribution in [1.82, 2.24) is 10.2 Å². The summed E-state index contributed by atoms with van der Waals surface area (Å²) in [6.07, 6.45) is 5.81. The summed E-state index contributed by atoms with van der Waals surface area (Å²) in [5.74, 6) is 0.00774. The Morgan fingerprint density at radius 2 is 1.84 bits per heavy atom. The largest absolute Gasteiger partial charge is 0.375 e. The van der Waals surface area contributed by atoms with Crippen LogP contribution in [-0.4, -0.2) is 48.7 Å². The van der Waals surface area contributed by atoms with Crippen LogP contribution in [0.5, 0.6) is 0 Å². The van der Waals surface area contributed by atoms with Gasteiger partial charge in [0.05, 0.1) is 12.7 Å². The molecular formula is C19H27N3O3. The van der Waals surface area contributed by atoms with Crippen LogP contribution in [0.2, 0.25) is 0 Å². The predicted molar refractivity (Wildman–Crippen MR) is 96.8 cm³/mol. The number of rotatable bonds is 3. The molecule has 0 bridgehead atoms. The molecule has 1 aliphatic heterocycles. The molecule has 1 aromatic rings. The molecule has 1 saturated carbocycles. The lowest BCUT2D eigenvalue weighted by atomic mass is 9.96. The zero-order valence-electron chi connectivity index (χ0n) is 14.8. The summed E-state index contributed by atoms with van der Waals surface area (Å²) in [6, 6.07) is 7.18. The number of carbonyl (C=O) groups excluding carboxylic acids is 2. The average Bonchev–Trinajstić information content (AvgIpc) is 2.62. The van der Waals surface area contributed by atoms with Crippen molar-refractivity contribution in [3.05, 3.63) is 29.8 Å². The van der Waals surface area contributed by atoms with E-state index in [4.69, 9.17) is 4.74 Å². The summed E-state index contributed by atoms with van der Waals surface area (Å²) < 4.78 is 5.47. The highest BCUT2D eigenvalue weighted by atomic mass is 16.5. The fraction of sp³-hybridized carbons (Fsp3) is 0.579. The summed E-state index contributed by atoms with van der Waals surface area (Å²) in [5.41, 5.74) is 1.33. The van der Waals surface area contributed by atoms with Crippen molar-refractivity contribution < 1.29 is 14.3 Å². The van der Waals surface area contributed by atoms with E-state index in [9.17, 15) is 9.59 Å². The van der Waals surface area contributed by atoms with E-state index in [1.165, 1.54) is 19.3 Å². The van der Waals surface area contributed by atoms with Gasteiger partial charge in [0.1, 0.15) is 0 Å². The van der Waals surface area contributed by atoms with Gasteiger partial charge in [-0.3, -0.25) is 4.79 Å². The smallest absolute Gasteiger partial charge is 0.319 e. The Labute approximate surface area is 148 Å². The molecule has 25 heavy (non-hydrogen) atoms. The van der Waals surface area contributed by atoms with E-state index in [-0.39, 0.29) is 24.1 Å². The first-order valence-electron chi connectivity index (χ1n) is 9.20. The van der Waals surface area contributed by atoms with Crippen LogP contribution < -0.4 is 10.6 Å². The van der Waals surface area contributed by atoms with E-state index in [0.29, 0.717) is 30.9 Å². The van der Waals surface area contributed by atoms with Crippen molar-refractivity contribution in [3.63, 3.8) is 0 Å². The second-order valence-electron chi connectivity index (χ2n) is 6.94. The van der Waals surface area contributed by atoms with Crippen LogP contribution in [0.25, 0.3) is 0 Å². The number of carbonyl (C=O) groups is 2. The second kappa shape index (κ2) is 8.34. The standard InChI is InChI=1S/C19H27N3O3/c1-14-13-22(11-12-25-14)18(23)15-7-9-17(10-8-15)21-19(24)20-16-5-3-2-4-6-16/h7-10,14,16H,2-6,11-13H2,1H3,(H2,20,21,24). The lowest BCUT2D eigenvalue weighted by Crippen LogP contribution is -2.44. The van der Waals surface area contributed by atoms with Gasteiger partial charge in [0.15, 0.2) is 0 Å². The van der Waals surface area contributed by atoms with Crippen LogP contribution in [0.1, 0.15) is 49.4 Å². The second-order valence-corrected chi connectivity index (χ2v) is 6.94. The first kappa shape index (κ1) is 17.7. The molecular weight excluding hydrogens is 318 g/mol. The maximum Gasteiger partial charge on any atom is 0.319 e. The number of anilines is 1. The molecule has 6 nitrogen and oxygen atoms in total. The molecule has 2 fully saturated rings. The number of urea groups is 1. The van der Waals surface area contributed by atoms with E-state index < -0.39 is 0 Å². The SMILES string of the molecule is CC1CN(C(=O)c2ccc(NC(=O)NC3CCCCC3)cc2)CCO1. The number of hydrogen-bond acceptors (Lipinski definition) is 3. The number of nitrogens with one attached hydrogen (secondary N) is 2. The topological polar surface area (TPSA) is 70.7 Å². The number of nitrogens with zero attached hydrogens (tertiary/aromatic N) is 1. The average molecular weight is 345 g/mol. The minimum absolute atomic E-state index is 0.00774. The van der Waals surface area contributed by atoms with Crippen molar-refractivity contribution in [2.75, 3.05) is 25.0 Å². The Morgan fingerprint density at radius 3 is 2.52 bits per heavy atom. The Hall–Kier alpha value is -2.08. The van der Waals surface area contributed by atoms with Crippen LogP contribution in [0.15, 0.2) is 24.3 Å². The summed E-state index contributed by atoms with van der Waals surface area (Å²) in [6.45, 7) is 3.78. The molecule has 2 aliphatic rings. The summed E-state index contributed by atoms with van der Waals surface area (Å²) in [5, 5.41) is 5.87. The minimum atomic E-state index is -0.173. The third-order valence-corrected chi connectivity index (χ3v) is 4.86. The molecule has 3 rings (SSSR count). The Kier molecular flexibility index (Phi) is 5.91. The highest BCUT2D eigenvalue weighted by Crippen LogP contribution is 2.18. The predicted octanol–water partition coefficient (Wildman–Crippen LogP) is 3.00. The number of morpholine rings is 1. The van der Waals surface area contributed by atoms with Gasteiger partial charge in [-0.2, -0.15) is 0 Å². The van der Waals surface area contributed by atoms with Gasteiger partial charge in [-0.15, -0.1) is 0 Å². The molecule has 1 aliphatic carbocycles. The van der Waals surface area contributed by atoms with Gasteiger partial charge in [0.2, 0.25) is 0 Å². The maximum absolute atomic E-state index is 12.5. The van der Waals surface area contributed by atoms with Gasteiger partial charge in [-0.1, -0.05) is 19.3 Å². The normalized spacial score (nSPS) is 21.6. The van der Waals surface area contributed by atoms with E-state index >= 15 is 0 Å². The van der Waals surface area contributed by atoms with Crippen molar-refractivity contribution >= 4 is 17.6 Å². The third-order valence-electron chi connectivity index (χ3n) is 4.86. The van der Waals surface area contributed by atoms with Gasteiger partial charge >= 0.3 is 6.03 Å². The first-order valence-corrected chi connectivity index (χ1v) is 9.20. The maximum atomic E-state index is 12.5. The van der Waals surface area contributed by atoms with Crippen molar-refractivity contribution in [2.45, 2.75) is 51.2 Å². The monoisotopic (exact) mass is 345 g/mol. The molecule has 0 aromatic heterocycles. The molecule has 1 unspecified atom stereocenters. The third kappa shape index (κ3) is 4.95. The van der Waals surface area contributed by atoms with Crippen LogP contribution in [0.4, 0.5) is 10.5 Å². The molecule has 1 aromatic carbocycles. The first-order chi connectivity index (χ1) is 12.1. The van der Waals surface area contributed by atoms with Crippen LogP contribution in [-0.2, 0) is 4.74 Å². The minimum Gasteiger partial charge on any atom is -0.375 e. The molecule has 6 heteroatoms. The Bertz CT molecular complexity index is 596. The molecule has 2 N–H and O–H groups in total. The van der Waals surface area contributed by atoms with Crippen molar-refractivity contribution in [3.8, 4) is 0 Å². The van der Waals surface area contributed by atoms with E-state index in [1.54, 1.807) is 24.3 Å². The van der Waals surface area contributed by atoms with Gasteiger partial charge in [0, 0.05) is 30.4 Å². The quantitative estimate of drug-likeness (QED) is 0.885. The van der Waals surface area contributed by atoms with E-state index in [2.05, 4.69) is 10.6 Å². The molecule has 0 radical (unpaired) electrons. The fourth-order valence-corrected chi connectivity index (χ4v) is 3.48. The van der Waals surface area contributed by atoms with Gasteiger partial charge < -0.3 is 20.3 Å². The van der Waals surface area contributed by atoms with Gasteiger partial charge in [0.25, 0.3) is 5.91 Å². The lowest BCUT2D eigenvalue weighted by molar-refractivity contribution is -0.0124. The van der Waals surface area contributed by atoms with Gasteiger partial charge in [-0.05, 0) is 44.0 Å². The summed E-state index contributed by atoms with van der Waals surface area (Å²) >= 11 is 0. The number of benzene rings is 1. The molecule has 3 amide bonds. The Morgan fingerprint density at radius 1 is 1.12 bits per heavy atom. The number of hydrogen-bond donors (Lipinski definition) is 2. The number of amides is 3. The summed E-state index contributed by atoms with van der Waals surface area (Å²) in [7, 11) is 0.